The Morgan fingerprint density at radius 2 is 1.93 bits per heavy atom. The number of carbonyl (C=O) groups excluding carboxylic acids is 2. The van der Waals surface area contributed by atoms with Crippen LogP contribution in [-0.2, 0) is 16.0 Å². The highest BCUT2D eigenvalue weighted by atomic mass is 16.5. The molecule has 7 nitrogen and oxygen atoms in total. The number of amides is 1. The van der Waals surface area contributed by atoms with Crippen molar-refractivity contribution in [3.8, 4) is 5.75 Å². The smallest absolute Gasteiger partial charge is 0.306 e. The van der Waals surface area contributed by atoms with Crippen molar-refractivity contribution in [1.82, 2.24) is 0 Å². The van der Waals surface area contributed by atoms with Gasteiger partial charge < -0.3 is 20.5 Å². The number of nitrogens with one attached hydrogen (secondary N) is 2. The van der Waals surface area contributed by atoms with Gasteiger partial charge in [-0.25, -0.2) is 0 Å². The van der Waals surface area contributed by atoms with E-state index in [4.69, 9.17) is 20.6 Å². The molecule has 0 aromatic heterocycles. The molecular formula is C21H23N3O4. The molecule has 0 fully saturated rings. The fourth-order valence-corrected chi connectivity index (χ4v) is 3.10. The van der Waals surface area contributed by atoms with Gasteiger partial charge in [0.2, 0.25) is 0 Å². The van der Waals surface area contributed by atoms with Crippen LogP contribution in [0.3, 0.4) is 0 Å². The minimum atomic E-state index is -0.258. The maximum atomic E-state index is 12.4. The fraction of sp³-hybridized carbons (Fsp3) is 0.286. The van der Waals surface area contributed by atoms with Gasteiger partial charge in [-0.3, -0.25) is 15.0 Å². The molecule has 28 heavy (non-hydrogen) atoms. The average molecular weight is 381 g/mol. The summed E-state index contributed by atoms with van der Waals surface area (Å²) in [6, 6.07) is 12.0. The predicted molar refractivity (Wildman–Crippen MR) is 106 cm³/mol. The summed E-state index contributed by atoms with van der Waals surface area (Å²) in [6.45, 7) is 2.61. The number of anilines is 1. The second-order valence-electron chi connectivity index (χ2n) is 6.66. The van der Waals surface area contributed by atoms with Gasteiger partial charge in [-0.15, -0.1) is 0 Å². The lowest BCUT2D eigenvalue weighted by Gasteiger charge is -2.25. The Balaban J connectivity index is 1.63. The lowest BCUT2D eigenvalue weighted by Crippen LogP contribution is -2.24. The maximum Gasteiger partial charge on any atom is 0.306 e. The van der Waals surface area contributed by atoms with Crippen LogP contribution in [0.25, 0.3) is 0 Å². The summed E-state index contributed by atoms with van der Waals surface area (Å²) in [6.07, 6.45) is 1.07. The van der Waals surface area contributed by atoms with Crippen LogP contribution in [0.2, 0.25) is 0 Å². The molecule has 2 aromatic carbocycles. The summed E-state index contributed by atoms with van der Waals surface area (Å²) >= 11 is 0. The third kappa shape index (κ3) is 4.68. The van der Waals surface area contributed by atoms with Crippen LogP contribution in [-0.4, -0.2) is 30.9 Å². The number of amidine groups is 1. The fourth-order valence-electron chi connectivity index (χ4n) is 3.10. The SMILES string of the molecule is CCOC(=O)CC1COc2cc(NC(=O)c3ccc(C(=N)N)cc3)ccc2C1. The third-order valence-electron chi connectivity index (χ3n) is 4.53. The number of esters is 1. The van der Waals surface area contributed by atoms with E-state index in [1.54, 1.807) is 37.3 Å². The van der Waals surface area contributed by atoms with Crippen molar-refractivity contribution < 1.29 is 19.1 Å². The zero-order valence-electron chi connectivity index (χ0n) is 15.7. The molecule has 2 aromatic rings. The molecule has 7 heteroatoms. The molecule has 1 aliphatic rings. The maximum absolute atomic E-state index is 12.4. The highest BCUT2D eigenvalue weighted by Gasteiger charge is 2.23. The quantitative estimate of drug-likeness (QED) is 0.404. The Labute approximate surface area is 163 Å². The highest BCUT2D eigenvalue weighted by molar-refractivity contribution is 6.05. The lowest BCUT2D eigenvalue weighted by molar-refractivity contribution is -0.144. The molecular weight excluding hydrogens is 358 g/mol. The summed E-state index contributed by atoms with van der Waals surface area (Å²) in [7, 11) is 0. The first kappa shape index (κ1) is 19.4. The molecule has 1 unspecified atom stereocenters. The van der Waals surface area contributed by atoms with Crippen LogP contribution < -0.4 is 15.8 Å². The van der Waals surface area contributed by atoms with Crippen LogP contribution in [0, 0.1) is 11.3 Å². The van der Waals surface area contributed by atoms with Crippen LogP contribution >= 0.6 is 0 Å². The Morgan fingerprint density at radius 3 is 2.61 bits per heavy atom. The highest BCUT2D eigenvalue weighted by Crippen LogP contribution is 2.31. The number of hydrogen-bond donors (Lipinski definition) is 3. The van der Waals surface area contributed by atoms with E-state index < -0.39 is 0 Å². The molecule has 3 rings (SSSR count). The number of carbonyl (C=O) groups is 2. The van der Waals surface area contributed by atoms with Crippen molar-refractivity contribution >= 4 is 23.4 Å². The molecule has 0 radical (unpaired) electrons. The van der Waals surface area contributed by atoms with E-state index in [1.165, 1.54) is 0 Å². The van der Waals surface area contributed by atoms with E-state index in [-0.39, 0.29) is 23.6 Å². The van der Waals surface area contributed by atoms with Gasteiger partial charge in [-0.2, -0.15) is 0 Å². The number of hydrogen-bond acceptors (Lipinski definition) is 5. The Bertz CT molecular complexity index is 893. The van der Waals surface area contributed by atoms with Gasteiger partial charge in [-0.1, -0.05) is 18.2 Å². The van der Waals surface area contributed by atoms with Crippen molar-refractivity contribution in [1.29, 1.82) is 5.41 Å². The summed E-state index contributed by atoms with van der Waals surface area (Å²) in [5.74, 6) is 0.293. The number of rotatable bonds is 6. The minimum Gasteiger partial charge on any atom is -0.493 e. The Morgan fingerprint density at radius 1 is 1.21 bits per heavy atom. The van der Waals surface area contributed by atoms with Gasteiger partial charge >= 0.3 is 5.97 Å². The monoisotopic (exact) mass is 381 g/mol. The van der Waals surface area contributed by atoms with Gasteiger partial charge in [0.1, 0.15) is 11.6 Å². The summed E-state index contributed by atoms with van der Waals surface area (Å²) in [5, 5.41) is 10.2. The molecule has 1 heterocycles. The first-order valence-corrected chi connectivity index (χ1v) is 9.13. The van der Waals surface area contributed by atoms with E-state index >= 15 is 0 Å². The van der Waals surface area contributed by atoms with Crippen LogP contribution in [0.15, 0.2) is 42.5 Å². The van der Waals surface area contributed by atoms with Gasteiger partial charge in [0.25, 0.3) is 5.91 Å². The van der Waals surface area contributed by atoms with E-state index in [0.29, 0.717) is 42.2 Å². The number of benzene rings is 2. The summed E-state index contributed by atoms with van der Waals surface area (Å²) in [4.78, 5) is 24.1. The molecule has 1 amide bonds. The second-order valence-corrected chi connectivity index (χ2v) is 6.66. The first-order chi connectivity index (χ1) is 13.5. The van der Waals surface area contributed by atoms with E-state index in [2.05, 4.69) is 5.32 Å². The largest absolute Gasteiger partial charge is 0.493 e. The van der Waals surface area contributed by atoms with Crippen molar-refractivity contribution in [2.45, 2.75) is 19.8 Å². The van der Waals surface area contributed by atoms with E-state index in [9.17, 15) is 9.59 Å². The minimum absolute atomic E-state index is 0.0416. The van der Waals surface area contributed by atoms with Gasteiger partial charge in [0.15, 0.2) is 0 Å². The zero-order chi connectivity index (χ0) is 20.1. The van der Waals surface area contributed by atoms with Crippen molar-refractivity contribution in [2.75, 3.05) is 18.5 Å². The van der Waals surface area contributed by atoms with Crippen LogP contribution in [0.4, 0.5) is 5.69 Å². The van der Waals surface area contributed by atoms with Crippen molar-refractivity contribution in [3.63, 3.8) is 0 Å². The Hall–Kier alpha value is -3.35. The predicted octanol–water partition coefficient (Wildman–Crippen LogP) is 2.73. The Kier molecular flexibility index (Phi) is 5.93. The van der Waals surface area contributed by atoms with Gasteiger partial charge in [-0.05, 0) is 37.1 Å². The molecule has 4 N–H and O–H groups in total. The molecule has 0 saturated carbocycles. The standard InChI is InChI=1S/C21H23N3O4/c1-2-27-19(25)10-13-9-16-7-8-17(11-18(16)28-12-13)24-21(26)15-5-3-14(4-6-15)20(22)23/h3-8,11,13H,2,9-10,12H2,1H3,(H3,22,23)(H,24,26). The molecule has 0 bridgehead atoms. The number of nitrogen functional groups attached to an aromatic ring is 1. The number of fused-ring (bicyclic) bond motifs is 1. The second kappa shape index (κ2) is 8.56. The molecule has 1 atom stereocenters. The average Bonchev–Trinajstić information content (AvgIpc) is 2.68. The molecule has 1 aliphatic heterocycles. The lowest BCUT2D eigenvalue weighted by atomic mass is 9.94. The first-order valence-electron chi connectivity index (χ1n) is 9.13. The van der Waals surface area contributed by atoms with Gasteiger partial charge in [0.05, 0.1) is 19.6 Å². The zero-order valence-corrected chi connectivity index (χ0v) is 15.7. The molecule has 0 spiro atoms. The summed E-state index contributed by atoms with van der Waals surface area (Å²) in [5.41, 5.74) is 8.09. The number of nitrogens with two attached hydrogens (primary N) is 1. The van der Waals surface area contributed by atoms with Crippen LogP contribution in [0.5, 0.6) is 5.75 Å². The number of ether oxygens (including phenoxy) is 2. The molecule has 146 valence electrons. The van der Waals surface area contributed by atoms with E-state index in [1.807, 2.05) is 12.1 Å². The third-order valence-corrected chi connectivity index (χ3v) is 4.53. The van der Waals surface area contributed by atoms with Crippen molar-refractivity contribution in [3.05, 3.63) is 59.2 Å². The molecule has 0 saturated heterocycles. The normalized spacial score (nSPS) is 15.1. The topological polar surface area (TPSA) is 114 Å². The van der Waals surface area contributed by atoms with Crippen LogP contribution in [0.1, 0.15) is 34.8 Å². The van der Waals surface area contributed by atoms with Crippen molar-refractivity contribution in [2.24, 2.45) is 11.7 Å². The summed E-state index contributed by atoms with van der Waals surface area (Å²) < 4.78 is 10.8. The van der Waals surface area contributed by atoms with E-state index in [0.717, 1.165) is 12.0 Å². The molecule has 0 aliphatic carbocycles. The van der Waals surface area contributed by atoms with Gasteiger partial charge in [0, 0.05) is 28.8 Å².